The molecule has 0 unspecified atom stereocenters. The maximum atomic E-state index is 10.8. The van der Waals surface area contributed by atoms with Crippen LogP contribution < -0.4 is 4.90 Å². The molecule has 0 saturated carbocycles. The van der Waals surface area contributed by atoms with Crippen LogP contribution in [0.15, 0.2) is 54.6 Å². The van der Waals surface area contributed by atoms with E-state index < -0.39 is 4.92 Å². The van der Waals surface area contributed by atoms with E-state index in [2.05, 4.69) is 33.3 Å². The quantitative estimate of drug-likeness (QED) is 0.523. The smallest absolute Gasteiger partial charge is 0.269 e. The van der Waals surface area contributed by atoms with Crippen molar-refractivity contribution >= 4 is 11.5 Å². The fourth-order valence-electron chi connectivity index (χ4n) is 3.36. The van der Waals surface area contributed by atoms with Gasteiger partial charge in [-0.25, -0.2) is 0 Å². The first kappa shape index (κ1) is 16.7. The van der Waals surface area contributed by atoms with Gasteiger partial charge in [-0.2, -0.15) is 5.26 Å². The third-order valence-electron chi connectivity index (χ3n) is 4.75. The van der Waals surface area contributed by atoms with Gasteiger partial charge in [-0.15, -0.1) is 15.0 Å². The molecule has 0 N–H and O–H groups in total. The second-order valence-electron chi connectivity index (χ2n) is 6.39. The van der Waals surface area contributed by atoms with E-state index in [1.54, 1.807) is 12.1 Å². The van der Waals surface area contributed by atoms with E-state index in [0.29, 0.717) is 17.4 Å². The van der Waals surface area contributed by atoms with Gasteiger partial charge in [0.15, 0.2) is 5.82 Å². The highest BCUT2D eigenvalue weighted by Crippen LogP contribution is 2.31. The highest BCUT2D eigenvalue weighted by atomic mass is 16.6. The minimum Gasteiger partial charge on any atom is -0.352 e. The summed E-state index contributed by atoms with van der Waals surface area (Å²) in [6.07, 6.45) is 0.985. The number of rotatable bonds is 4. The number of nitrogens with zero attached hydrogens (tertiary/aromatic N) is 6. The van der Waals surface area contributed by atoms with Crippen LogP contribution in [0.5, 0.6) is 0 Å². The summed E-state index contributed by atoms with van der Waals surface area (Å²) in [6.45, 7) is 1.57. The van der Waals surface area contributed by atoms with Gasteiger partial charge in [0.25, 0.3) is 5.69 Å². The number of nitriles is 1. The minimum atomic E-state index is -0.458. The summed E-state index contributed by atoms with van der Waals surface area (Å²) in [5, 5.41) is 29.0. The van der Waals surface area contributed by atoms with Crippen molar-refractivity contribution in [1.29, 1.82) is 5.26 Å². The second-order valence-corrected chi connectivity index (χ2v) is 6.39. The largest absolute Gasteiger partial charge is 0.352 e. The van der Waals surface area contributed by atoms with E-state index in [1.165, 1.54) is 22.5 Å². The molecule has 8 nitrogen and oxygen atoms in total. The zero-order valence-electron chi connectivity index (χ0n) is 14.4. The molecule has 2 aromatic carbocycles. The highest BCUT2D eigenvalue weighted by molar-refractivity contribution is 5.52. The summed E-state index contributed by atoms with van der Waals surface area (Å²) in [5.41, 5.74) is 2.10. The summed E-state index contributed by atoms with van der Waals surface area (Å²) >= 11 is 0. The van der Waals surface area contributed by atoms with Gasteiger partial charge in [0.05, 0.1) is 10.6 Å². The van der Waals surface area contributed by atoms with E-state index in [9.17, 15) is 15.4 Å². The topological polar surface area (TPSA) is 101 Å². The van der Waals surface area contributed by atoms with Gasteiger partial charge >= 0.3 is 0 Å². The number of hydrogen-bond acceptors (Lipinski definition) is 6. The third kappa shape index (κ3) is 3.22. The van der Waals surface area contributed by atoms with E-state index in [4.69, 9.17) is 0 Å². The van der Waals surface area contributed by atoms with E-state index in [-0.39, 0.29) is 11.4 Å². The average Bonchev–Trinajstić information content (AvgIpc) is 3.35. The van der Waals surface area contributed by atoms with Crippen LogP contribution in [0.4, 0.5) is 11.5 Å². The van der Waals surface area contributed by atoms with Crippen molar-refractivity contribution < 1.29 is 4.92 Å². The van der Waals surface area contributed by atoms with Crippen molar-refractivity contribution in [1.82, 2.24) is 15.0 Å². The van der Waals surface area contributed by atoms with E-state index >= 15 is 0 Å². The van der Waals surface area contributed by atoms with E-state index in [0.717, 1.165) is 19.5 Å². The molecule has 1 aliphatic rings. The van der Waals surface area contributed by atoms with Gasteiger partial charge in [-0.1, -0.05) is 30.3 Å². The second kappa shape index (κ2) is 6.88. The number of nitro benzene ring substituents is 1. The Balaban J connectivity index is 1.59. The van der Waals surface area contributed by atoms with Crippen LogP contribution in [0.2, 0.25) is 0 Å². The predicted octanol–water partition coefficient (Wildman–Crippen LogP) is 3.04. The van der Waals surface area contributed by atoms with E-state index in [1.807, 2.05) is 18.2 Å². The molecule has 0 aliphatic carbocycles. The number of nitro groups is 1. The Morgan fingerprint density at radius 2 is 1.85 bits per heavy atom. The molecule has 1 saturated heterocycles. The Morgan fingerprint density at radius 1 is 1.11 bits per heavy atom. The maximum absolute atomic E-state index is 10.8. The molecule has 2 heterocycles. The van der Waals surface area contributed by atoms with Gasteiger partial charge < -0.3 is 4.90 Å². The van der Waals surface area contributed by atoms with Crippen molar-refractivity contribution in [3.05, 3.63) is 76.0 Å². The molecule has 0 spiro atoms. The van der Waals surface area contributed by atoms with Crippen LogP contribution in [0.25, 0.3) is 5.69 Å². The van der Waals surface area contributed by atoms with Gasteiger partial charge in [0, 0.05) is 31.1 Å². The third-order valence-corrected chi connectivity index (χ3v) is 4.75. The van der Waals surface area contributed by atoms with Gasteiger partial charge in [-0.05, 0) is 24.1 Å². The summed E-state index contributed by atoms with van der Waals surface area (Å²) in [6, 6.07) is 18.3. The Morgan fingerprint density at radius 3 is 2.52 bits per heavy atom. The lowest BCUT2D eigenvalue weighted by atomic mass is 9.99. The van der Waals surface area contributed by atoms with Gasteiger partial charge in [0.1, 0.15) is 6.07 Å². The first-order chi connectivity index (χ1) is 13.2. The molecule has 1 fully saturated rings. The molecule has 8 heteroatoms. The monoisotopic (exact) mass is 360 g/mol. The van der Waals surface area contributed by atoms with Crippen molar-refractivity contribution in [2.24, 2.45) is 0 Å². The van der Waals surface area contributed by atoms with Crippen molar-refractivity contribution in [2.45, 2.75) is 12.3 Å². The van der Waals surface area contributed by atoms with Gasteiger partial charge in [0.2, 0.25) is 5.69 Å². The lowest BCUT2D eigenvalue weighted by Gasteiger charge is -2.15. The lowest BCUT2D eigenvalue weighted by Crippen LogP contribution is -2.20. The molecule has 0 radical (unpaired) electrons. The highest BCUT2D eigenvalue weighted by Gasteiger charge is 2.28. The fourth-order valence-corrected chi connectivity index (χ4v) is 3.36. The number of non-ortho nitro benzene ring substituents is 1. The molecular formula is C19H16N6O2. The van der Waals surface area contributed by atoms with Crippen LogP contribution in [0.1, 0.15) is 23.6 Å². The standard InChI is InChI=1S/C19H16N6O2/c20-12-18-19(23-11-10-15(13-23)14-4-2-1-3-5-14)22-24(21-18)16-6-8-17(9-7-16)25(26)27/h1-9,15H,10-11,13H2/t15-/m1/s1. The average molecular weight is 360 g/mol. The maximum Gasteiger partial charge on any atom is 0.269 e. The summed E-state index contributed by atoms with van der Waals surface area (Å²) < 4.78 is 0. The van der Waals surface area contributed by atoms with Crippen LogP contribution in [-0.4, -0.2) is 33.0 Å². The molecule has 1 atom stereocenters. The van der Waals surface area contributed by atoms with Crippen molar-refractivity contribution in [3.63, 3.8) is 0 Å². The number of aromatic nitrogens is 3. The molecule has 1 aliphatic heterocycles. The van der Waals surface area contributed by atoms with Crippen LogP contribution >= 0.6 is 0 Å². The summed E-state index contributed by atoms with van der Waals surface area (Å²) in [5.74, 6) is 0.941. The molecule has 0 amide bonds. The fraction of sp³-hybridized carbons (Fsp3) is 0.211. The molecule has 134 valence electrons. The zero-order valence-corrected chi connectivity index (χ0v) is 14.4. The Bertz CT molecular complexity index is 1010. The Hall–Kier alpha value is -3.73. The van der Waals surface area contributed by atoms with Crippen LogP contribution in [0.3, 0.4) is 0 Å². The first-order valence-electron chi connectivity index (χ1n) is 8.58. The zero-order chi connectivity index (χ0) is 18.8. The molecule has 0 bridgehead atoms. The number of hydrogen-bond donors (Lipinski definition) is 0. The number of benzene rings is 2. The predicted molar refractivity (Wildman–Crippen MR) is 98.7 cm³/mol. The summed E-state index contributed by atoms with van der Waals surface area (Å²) in [4.78, 5) is 13.8. The van der Waals surface area contributed by atoms with Crippen LogP contribution in [-0.2, 0) is 0 Å². The number of anilines is 1. The molecular weight excluding hydrogens is 344 g/mol. The Labute approximate surface area is 155 Å². The Kier molecular flexibility index (Phi) is 4.26. The SMILES string of the molecule is N#Cc1nn(-c2ccc([N+](=O)[O-])cc2)nc1N1CC[C@@H](c2ccccc2)C1. The van der Waals surface area contributed by atoms with Crippen molar-refractivity contribution in [3.8, 4) is 11.8 Å². The minimum absolute atomic E-state index is 0.00289. The lowest BCUT2D eigenvalue weighted by molar-refractivity contribution is -0.384. The van der Waals surface area contributed by atoms with Crippen molar-refractivity contribution in [2.75, 3.05) is 18.0 Å². The summed E-state index contributed by atoms with van der Waals surface area (Å²) in [7, 11) is 0. The normalized spacial score (nSPS) is 16.3. The molecule has 4 rings (SSSR count). The van der Waals surface area contributed by atoms with Gasteiger partial charge in [-0.3, -0.25) is 10.1 Å². The molecule has 1 aromatic heterocycles. The first-order valence-corrected chi connectivity index (χ1v) is 8.58. The molecule has 27 heavy (non-hydrogen) atoms. The molecule has 3 aromatic rings. The van der Waals surface area contributed by atoms with Crippen LogP contribution in [0, 0.1) is 21.4 Å².